The van der Waals surface area contributed by atoms with Crippen molar-refractivity contribution in [3.05, 3.63) is 83.9 Å². The molecular weight excluding hydrogens is 420 g/mol. The number of amides is 1. The van der Waals surface area contributed by atoms with E-state index in [9.17, 15) is 9.59 Å². The number of esters is 1. The first-order valence-electron chi connectivity index (χ1n) is 10.5. The maximum absolute atomic E-state index is 12.9. The zero-order valence-corrected chi connectivity index (χ0v) is 18.8. The summed E-state index contributed by atoms with van der Waals surface area (Å²) < 4.78 is 6.29. The van der Waals surface area contributed by atoms with Crippen molar-refractivity contribution in [2.24, 2.45) is 5.92 Å². The van der Waals surface area contributed by atoms with Crippen molar-refractivity contribution in [2.75, 3.05) is 11.9 Å². The third-order valence-electron chi connectivity index (χ3n) is 5.11. The van der Waals surface area contributed by atoms with Crippen molar-refractivity contribution in [3.63, 3.8) is 0 Å². The molecule has 4 rings (SSSR count). The average Bonchev–Trinajstić information content (AvgIpc) is 3.22. The van der Waals surface area contributed by atoms with Crippen molar-refractivity contribution >= 4 is 39.1 Å². The summed E-state index contributed by atoms with van der Waals surface area (Å²) >= 11 is 1.64. The summed E-state index contributed by atoms with van der Waals surface area (Å²) in [5.74, 6) is -1.81. The second-order valence-corrected chi connectivity index (χ2v) is 8.58. The van der Waals surface area contributed by atoms with Gasteiger partial charge in [-0.15, -0.1) is 11.3 Å². The Bertz CT molecular complexity index is 1230. The topological polar surface area (TPSA) is 68.3 Å². The van der Waals surface area contributed by atoms with Crippen LogP contribution in [0.5, 0.6) is 0 Å². The predicted molar refractivity (Wildman–Crippen MR) is 129 cm³/mol. The Morgan fingerprint density at radius 3 is 2.50 bits per heavy atom. The molecule has 0 aliphatic heterocycles. The van der Waals surface area contributed by atoms with Crippen LogP contribution in [0, 0.1) is 12.8 Å². The third kappa shape index (κ3) is 5.03. The minimum Gasteiger partial charge on any atom is -0.465 e. The maximum atomic E-state index is 12.9. The fraction of sp³-hybridized carbons (Fsp3) is 0.192. The highest BCUT2D eigenvalue weighted by Crippen LogP contribution is 2.31. The molecule has 0 radical (unpaired) electrons. The zero-order valence-electron chi connectivity index (χ0n) is 18.0. The number of nitrogens with zero attached hydrogens (tertiary/aromatic N) is 1. The number of fused-ring (bicyclic) bond motifs is 1. The van der Waals surface area contributed by atoms with Gasteiger partial charge in [0.1, 0.15) is 10.9 Å². The Morgan fingerprint density at radius 2 is 1.78 bits per heavy atom. The van der Waals surface area contributed by atoms with Crippen molar-refractivity contribution in [1.29, 1.82) is 0 Å². The number of aromatic nitrogens is 1. The molecule has 0 unspecified atom stereocenters. The monoisotopic (exact) mass is 444 g/mol. The predicted octanol–water partition coefficient (Wildman–Crippen LogP) is 5.63. The highest BCUT2D eigenvalue weighted by atomic mass is 32.1. The maximum Gasteiger partial charge on any atom is 0.318 e. The minimum absolute atomic E-state index is 0.230. The van der Waals surface area contributed by atoms with Crippen LogP contribution in [0.3, 0.4) is 0 Å². The molecule has 162 valence electrons. The lowest BCUT2D eigenvalue weighted by Gasteiger charge is -2.16. The van der Waals surface area contributed by atoms with Gasteiger partial charge in [0.15, 0.2) is 0 Å². The lowest BCUT2D eigenvalue weighted by Crippen LogP contribution is -2.33. The first kappa shape index (κ1) is 21.7. The molecule has 3 aromatic carbocycles. The van der Waals surface area contributed by atoms with E-state index >= 15 is 0 Å². The van der Waals surface area contributed by atoms with Crippen molar-refractivity contribution < 1.29 is 14.3 Å². The number of carbonyl (C=O) groups excluding carboxylic acids is 2. The number of benzene rings is 3. The van der Waals surface area contributed by atoms with Gasteiger partial charge < -0.3 is 10.1 Å². The molecule has 0 saturated carbocycles. The van der Waals surface area contributed by atoms with Crippen LogP contribution in [0.4, 0.5) is 5.69 Å². The average molecular weight is 445 g/mol. The molecular formula is C26H24N2O3S. The number of hydrogen-bond acceptors (Lipinski definition) is 5. The highest BCUT2D eigenvalue weighted by molar-refractivity contribution is 7.21. The van der Waals surface area contributed by atoms with Gasteiger partial charge in [-0.05, 0) is 67.8 Å². The summed E-state index contributed by atoms with van der Waals surface area (Å²) in [6, 6.07) is 23.2. The lowest BCUT2D eigenvalue weighted by molar-refractivity contribution is -0.150. The number of rotatable bonds is 7. The molecule has 1 aromatic heterocycles. The largest absolute Gasteiger partial charge is 0.465 e. The normalized spacial score (nSPS) is 11.8. The number of thiazole rings is 1. The third-order valence-corrected chi connectivity index (χ3v) is 6.18. The fourth-order valence-electron chi connectivity index (χ4n) is 3.46. The molecule has 0 aliphatic rings. The van der Waals surface area contributed by atoms with Crippen molar-refractivity contribution in [2.45, 2.75) is 20.3 Å². The van der Waals surface area contributed by atoms with Gasteiger partial charge in [0.2, 0.25) is 5.91 Å². The summed E-state index contributed by atoms with van der Waals surface area (Å²) in [7, 11) is 0. The first-order valence-corrected chi connectivity index (χ1v) is 11.3. The van der Waals surface area contributed by atoms with E-state index in [1.807, 2.05) is 60.7 Å². The number of ether oxygens (including phenoxy) is 1. The zero-order chi connectivity index (χ0) is 22.5. The van der Waals surface area contributed by atoms with E-state index in [4.69, 9.17) is 9.72 Å². The van der Waals surface area contributed by atoms with E-state index < -0.39 is 11.9 Å². The van der Waals surface area contributed by atoms with E-state index in [1.54, 1.807) is 18.3 Å². The van der Waals surface area contributed by atoms with Gasteiger partial charge in [-0.3, -0.25) is 9.59 Å². The van der Waals surface area contributed by atoms with Gasteiger partial charge in [-0.25, -0.2) is 4.98 Å². The van der Waals surface area contributed by atoms with Crippen LogP contribution in [0.15, 0.2) is 72.8 Å². The highest BCUT2D eigenvalue weighted by Gasteiger charge is 2.28. The van der Waals surface area contributed by atoms with Gasteiger partial charge in [-0.1, -0.05) is 36.4 Å². The van der Waals surface area contributed by atoms with Crippen LogP contribution in [-0.2, 0) is 20.7 Å². The SMILES string of the molecule is CCOC(=O)[C@H](Cc1ccccc1)C(=O)Nc1ccc(-c2nc3ccc(C)cc3s2)cc1. The lowest BCUT2D eigenvalue weighted by atomic mass is 9.98. The number of aryl methyl sites for hydroxylation is 1. The minimum atomic E-state index is -0.912. The molecule has 0 bridgehead atoms. The van der Waals surface area contributed by atoms with Gasteiger partial charge in [-0.2, -0.15) is 0 Å². The van der Waals surface area contributed by atoms with Crippen LogP contribution < -0.4 is 5.32 Å². The molecule has 6 heteroatoms. The van der Waals surface area contributed by atoms with Gasteiger partial charge in [0.25, 0.3) is 0 Å². The number of anilines is 1. The molecule has 1 heterocycles. The molecule has 1 N–H and O–H groups in total. The number of carbonyl (C=O) groups is 2. The van der Waals surface area contributed by atoms with Crippen LogP contribution in [0.25, 0.3) is 20.8 Å². The summed E-state index contributed by atoms with van der Waals surface area (Å²) in [4.78, 5) is 30.1. The first-order chi connectivity index (χ1) is 15.5. The Kier molecular flexibility index (Phi) is 6.61. The van der Waals surface area contributed by atoms with Crippen LogP contribution in [0.1, 0.15) is 18.1 Å². The summed E-state index contributed by atoms with van der Waals surface area (Å²) in [5, 5.41) is 3.79. The number of hydrogen-bond donors (Lipinski definition) is 1. The Morgan fingerprint density at radius 1 is 1.03 bits per heavy atom. The molecule has 4 aromatic rings. The Labute approximate surface area is 191 Å². The molecule has 0 saturated heterocycles. The van der Waals surface area contributed by atoms with Crippen LogP contribution in [0.2, 0.25) is 0 Å². The van der Waals surface area contributed by atoms with E-state index in [-0.39, 0.29) is 18.9 Å². The van der Waals surface area contributed by atoms with Gasteiger partial charge >= 0.3 is 5.97 Å². The molecule has 1 amide bonds. The number of nitrogens with one attached hydrogen (secondary N) is 1. The quantitative estimate of drug-likeness (QED) is 0.296. The molecule has 5 nitrogen and oxygen atoms in total. The Balaban J connectivity index is 1.50. The molecule has 0 spiro atoms. The summed E-state index contributed by atoms with van der Waals surface area (Å²) in [5.41, 5.74) is 4.69. The van der Waals surface area contributed by atoms with E-state index in [2.05, 4.69) is 24.4 Å². The van der Waals surface area contributed by atoms with Crippen LogP contribution in [-0.4, -0.2) is 23.5 Å². The van der Waals surface area contributed by atoms with E-state index in [0.717, 1.165) is 26.4 Å². The smallest absolute Gasteiger partial charge is 0.318 e. The molecule has 0 fully saturated rings. The second-order valence-electron chi connectivity index (χ2n) is 7.55. The van der Waals surface area contributed by atoms with E-state index in [0.29, 0.717) is 5.69 Å². The van der Waals surface area contributed by atoms with Gasteiger partial charge in [0, 0.05) is 11.3 Å². The fourth-order valence-corrected chi connectivity index (χ4v) is 4.53. The summed E-state index contributed by atoms with van der Waals surface area (Å²) in [6.07, 6.45) is 0.286. The molecule has 0 aliphatic carbocycles. The molecule has 32 heavy (non-hydrogen) atoms. The van der Waals surface area contributed by atoms with Crippen molar-refractivity contribution in [3.8, 4) is 10.6 Å². The van der Waals surface area contributed by atoms with E-state index in [1.165, 1.54) is 5.56 Å². The van der Waals surface area contributed by atoms with Gasteiger partial charge in [0.05, 0.1) is 16.8 Å². The Hall–Kier alpha value is -3.51. The second kappa shape index (κ2) is 9.75. The molecule has 1 atom stereocenters. The van der Waals surface area contributed by atoms with Crippen LogP contribution >= 0.6 is 11.3 Å². The standard InChI is InChI=1S/C26H24N2O3S/c1-3-31-26(30)21(16-18-7-5-4-6-8-18)24(29)27-20-12-10-19(11-13-20)25-28-22-14-9-17(2)15-23(22)32-25/h4-15,21H,3,16H2,1-2H3,(H,27,29)/t21-/m1/s1. The summed E-state index contributed by atoms with van der Waals surface area (Å²) in [6.45, 7) is 4.03. The van der Waals surface area contributed by atoms with Crippen molar-refractivity contribution in [1.82, 2.24) is 4.98 Å².